The fourth-order valence-corrected chi connectivity index (χ4v) is 3.07. The molecule has 1 unspecified atom stereocenters. The number of hydrogen-bond acceptors (Lipinski definition) is 3. The summed E-state index contributed by atoms with van der Waals surface area (Å²) in [5.41, 5.74) is 0.825. The normalized spacial score (nSPS) is 12.2. The topological polar surface area (TPSA) is 34.4 Å². The van der Waals surface area contributed by atoms with E-state index in [1.54, 1.807) is 0 Å². The first-order valence-corrected chi connectivity index (χ1v) is 8.11. The van der Waals surface area contributed by atoms with Crippen LogP contribution in [0.3, 0.4) is 0 Å². The highest BCUT2D eigenvalue weighted by Crippen LogP contribution is 2.38. The number of benzene rings is 1. The van der Waals surface area contributed by atoms with Crippen molar-refractivity contribution in [3.05, 3.63) is 44.2 Å². The predicted octanol–water partition coefficient (Wildman–Crippen LogP) is 6.03. The lowest BCUT2D eigenvalue weighted by molar-refractivity contribution is 0.339. The van der Waals surface area contributed by atoms with Crippen molar-refractivity contribution in [1.82, 2.24) is 0 Å². The third-order valence-corrected chi connectivity index (χ3v) is 3.92. The van der Waals surface area contributed by atoms with Gasteiger partial charge in [0.1, 0.15) is 5.76 Å². The molecule has 0 saturated heterocycles. The molecule has 0 aliphatic heterocycles. The van der Waals surface area contributed by atoms with E-state index in [1.165, 1.54) is 0 Å². The van der Waals surface area contributed by atoms with Gasteiger partial charge in [-0.25, -0.2) is 0 Å². The first-order chi connectivity index (χ1) is 9.51. The monoisotopic (exact) mass is 421 g/mol. The minimum Gasteiger partial charge on any atom is -0.491 e. The van der Waals surface area contributed by atoms with Gasteiger partial charge in [0.15, 0.2) is 10.4 Å². The van der Waals surface area contributed by atoms with Crippen LogP contribution in [0.1, 0.15) is 25.6 Å². The summed E-state index contributed by atoms with van der Waals surface area (Å²) >= 11 is 12.9. The van der Waals surface area contributed by atoms with Crippen molar-refractivity contribution in [3.63, 3.8) is 0 Å². The van der Waals surface area contributed by atoms with Gasteiger partial charge in [0.25, 0.3) is 0 Å². The number of anilines is 1. The molecule has 0 saturated carbocycles. The SMILES string of the molecule is CCOc1c(Br)cc(Cl)cc1NC(C)c1ccc(Br)o1. The summed E-state index contributed by atoms with van der Waals surface area (Å²) < 4.78 is 12.7. The zero-order chi connectivity index (χ0) is 14.7. The van der Waals surface area contributed by atoms with Crippen LogP contribution in [-0.2, 0) is 0 Å². The average Bonchev–Trinajstić information content (AvgIpc) is 2.80. The molecule has 0 amide bonds. The van der Waals surface area contributed by atoms with Crippen molar-refractivity contribution in [2.45, 2.75) is 19.9 Å². The first kappa shape index (κ1) is 15.7. The summed E-state index contributed by atoms with van der Waals surface area (Å²) in [4.78, 5) is 0. The third-order valence-electron chi connectivity index (χ3n) is 2.69. The van der Waals surface area contributed by atoms with Crippen LogP contribution in [-0.4, -0.2) is 6.61 Å². The van der Waals surface area contributed by atoms with Gasteiger partial charge in [-0.3, -0.25) is 0 Å². The van der Waals surface area contributed by atoms with Crippen LogP contribution in [0.15, 0.2) is 37.8 Å². The molecule has 0 radical (unpaired) electrons. The summed E-state index contributed by atoms with van der Waals surface area (Å²) in [5.74, 6) is 1.57. The predicted molar refractivity (Wildman–Crippen MR) is 88.8 cm³/mol. The van der Waals surface area contributed by atoms with Gasteiger partial charge in [0, 0.05) is 5.02 Å². The van der Waals surface area contributed by atoms with Crippen LogP contribution in [0.4, 0.5) is 5.69 Å². The summed E-state index contributed by atoms with van der Waals surface area (Å²) in [7, 11) is 0. The molecule has 0 aliphatic carbocycles. The average molecular weight is 424 g/mol. The Bertz CT molecular complexity index is 601. The lowest BCUT2D eigenvalue weighted by Gasteiger charge is -2.18. The molecule has 0 aliphatic rings. The second-order valence-corrected chi connectivity index (χ2v) is 6.28. The largest absolute Gasteiger partial charge is 0.491 e. The summed E-state index contributed by atoms with van der Waals surface area (Å²) in [6.07, 6.45) is 0. The smallest absolute Gasteiger partial charge is 0.169 e. The highest BCUT2D eigenvalue weighted by atomic mass is 79.9. The van der Waals surface area contributed by atoms with E-state index >= 15 is 0 Å². The summed E-state index contributed by atoms with van der Waals surface area (Å²) in [5, 5.41) is 3.99. The van der Waals surface area contributed by atoms with Crippen LogP contribution in [0.25, 0.3) is 0 Å². The highest BCUT2D eigenvalue weighted by Gasteiger charge is 2.15. The number of halogens is 3. The fraction of sp³-hybridized carbons (Fsp3) is 0.286. The van der Waals surface area contributed by atoms with E-state index in [9.17, 15) is 0 Å². The van der Waals surface area contributed by atoms with Crippen molar-refractivity contribution in [3.8, 4) is 5.75 Å². The molecule has 2 rings (SSSR count). The van der Waals surface area contributed by atoms with Crippen molar-refractivity contribution in [1.29, 1.82) is 0 Å². The molecule has 1 aromatic carbocycles. The van der Waals surface area contributed by atoms with Gasteiger partial charge >= 0.3 is 0 Å². The maximum absolute atomic E-state index is 6.10. The first-order valence-electron chi connectivity index (χ1n) is 6.15. The molecule has 1 atom stereocenters. The van der Waals surface area contributed by atoms with Crippen molar-refractivity contribution < 1.29 is 9.15 Å². The van der Waals surface area contributed by atoms with E-state index in [0.717, 1.165) is 21.7 Å². The Morgan fingerprint density at radius 2 is 2.10 bits per heavy atom. The van der Waals surface area contributed by atoms with Gasteiger partial charge in [-0.05, 0) is 70.0 Å². The molecular weight excluding hydrogens is 409 g/mol. The zero-order valence-corrected chi connectivity index (χ0v) is 15.0. The van der Waals surface area contributed by atoms with E-state index in [1.807, 2.05) is 38.1 Å². The van der Waals surface area contributed by atoms with Crippen molar-refractivity contribution in [2.75, 3.05) is 11.9 Å². The fourth-order valence-electron chi connectivity index (χ4n) is 1.82. The summed E-state index contributed by atoms with van der Waals surface area (Å²) in [6.45, 7) is 4.53. The van der Waals surface area contributed by atoms with Gasteiger partial charge in [0.05, 0.1) is 22.8 Å². The molecule has 1 heterocycles. The molecule has 1 N–H and O–H groups in total. The van der Waals surface area contributed by atoms with Crippen molar-refractivity contribution in [2.24, 2.45) is 0 Å². The Kier molecular flexibility index (Phi) is 5.41. The number of hydrogen-bond donors (Lipinski definition) is 1. The Morgan fingerprint density at radius 1 is 1.35 bits per heavy atom. The second-order valence-electron chi connectivity index (χ2n) is 4.21. The van der Waals surface area contributed by atoms with Gasteiger partial charge in [0.2, 0.25) is 0 Å². The molecule has 2 aromatic rings. The van der Waals surface area contributed by atoms with E-state index in [4.69, 9.17) is 20.8 Å². The standard InChI is InChI=1S/C14H14Br2ClNO2/c1-3-19-14-10(15)6-9(17)7-11(14)18-8(2)12-4-5-13(16)20-12/h4-8,18H,3H2,1-2H3. The lowest BCUT2D eigenvalue weighted by Crippen LogP contribution is -2.08. The maximum Gasteiger partial charge on any atom is 0.169 e. The molecule has 108 valence electrons. The Balaban J connectivity index is 2.27. The van der Waals surface area contributed by atoms with Gasteiger partial charge < -0.3 is 14.5 Å². The summed E-state index contributed by atoms with van der Waals surface area (Å²) in [6, 6.07) is 7.43. The molecule has 0 fully saturated rings. The second kappa shape index (κ2) is 6.87. The van der Waals surface area contributed by atoms with Gasteiger partial charge in [-0.1, -0.05) is 11.6 Å². The molecule has 20 heavy (non-hydrogen) atoms. The number of ether oxygens (including phenoxy) is 1. The van der Waals surface area contributed by atoms with E-state index in [0.29, 0.717) is 16.3 Å². The minimum atomic E-state index is -0.00845. The van der Waals surface area contributed by atoms with E-state index in [-0.39, 0.29) is 6.04 Å². The van der Waals surface area contributed by atoms with E-state index < -0.39 is 0 Å². The molecule has 1 aromatic heterocycles. The molecule has 0 bridgehead atoms. The molecule has 3 nitrogen and oxygen atoms in total. The molecule has 0 spiro atoms. The minimum absolute atomic E-state index is 0.00845. The lowest BCUT2D eigenvalue weighted by atomic mass is 10.2. The molecular formula is C14H14Br2ClNO2. The van der Waals surface area contributed by atoms with Crippen LogP contribution in [0.5, 0.6) is 5.75 Å². The number of nitrogens with one attached hydrogen (secondary N) is 1. The zero-order valence-electron chi connectivity index (χ0n) is 11.0. The third kappa shape index (κ3) is 3.71. The quantitative estimate of drug-likeness (QED) is 0.638. The van der Waals surface area contributed by atoms with Crippen LogP contribution >= 0.6 is 43.5 Å². The van der Waals surface area contributed by atoms with Crippen molar-refractivity contribution >= 4 is 49.1 Å². The number of rotatable bonds is 5. The van der Waals surface area contributed by atoms with Crippen LogP contribution in [0.2, 0.25) is 5.02 Å². The van der Waals surface area contributed by atoms with Gasteiger partial charge in [-0.15, -0.1) is 0 Å². The number of furan rings is 1. The van der Waals surface area contributed by atoms with Crippen LogP contribution < -0.4 is 10.1 Å². The van der Waals surface area contributed by atoms with E-state index in [2.05, 4.69) is 37.2 Å². The Labute approximate surface area is 139 Å². The Hall–Kier alpha value is -0.650. The Morgan fingerprint density at radius 3 is 2.70 bits per heavy atom. The molecule has 6 heteroatoms. The highest BCUT2D eigenvalue weighted by molar-refractivity contribution is 9.10. The van der Waals surface area contributed by atoms with Crippen LogP contribution in [0, 0.1) is 0 Å². The van der Waals surface area contributed by atoms with Gasteiger partial charge in [-0.2, -0.15) is 0 Å². The maximum atomic E-state index is 6.10.